The van der Waals surface area contributed by atoms with Crippen molar-refractivity contribution < 1.29 is 14.4 Å². The number of carbonyl (C=O) groups is 3. The number of aromatic nitrogens is 3. The molecule has 4 aromatic rings. The summed E-state index contributed by atoms with van der Waals surface area (Å²) >= 11 is 0. The molecule has 10 heteroatoms. The maximum atomic E-state index is 13.0. The molecule has 2 aliphatic heterocycles. The number of amides is 3. The fraction of sp³-hybridized carbons (Fsp3) is 0.300. The van der Waals surface area contributed by atoms with Crippen molar-refractivity contribution >= 4 is 40.1 Å². The monoisotopic (exact) mass is 537 g/mol. The Morgan fingerprint density at radius 3 is 2.40 bits per heavy atom. The van der Waals surface area contributed by atoms with Crippen LogP contribution in [0.5, 0.6) is 0 Å². The smallest absolute Gasteiger partial charge is 0.274 e. The zero-order valence-electron chi connectivity index (χ0n) is 22.4. The third kappa shape index (κ3) is 5.38. The number of piperazine rings is 1. The van der Waals surface area contributed by atoms with Crippen molar-refractivity contribution in [2.45, 2.75) is 13.5 Å². The number of nitrogens with zero attached hydrogens (tertiary/aromatic N) is 6. The second-order valence-electron chi connectivity index (χ2n) is 10.5. The molecule has 2 aromatic carbocycles. The molecule has 40 heavy (non-hydrogen) atoms. The number of fused-ring (bicyclic) bond motifs is 1. The highest BCUT2D eigenvalue weighted by Gasteiger charge is 2.26. The first kappa shape index (κ1) is 25.5. The van der Waals surface area contributed by atoms with E-state index in [1.54, 1.807) is 26.6 Å². The SMILES string of the molecule is CC1CN(c2cccc(C(=O)Nc3ccc4nn(CC(=O)N5CCN(C(=O)c6ccccc6)CC5)cc4c3)n2)C1. The lowest BCUT2D eigenvalue weighted by Gasteiger charge is -2.38. The fourth-order valence-corrected chi connectivity index (χ4v) is 5.20. The predicted octanol–water partition coefficient (Wildman–Crippen LogP) is 3.12. The minimum Gasteiger partial charge on any atom is -0.356 e. The van der Waals surface area contributed by atoms with E-state index in [0.29, 0.717) is 49.0 Å². The van der Waals surface area contributed by atoms with Crippen molar-refractivity contribution in [3.8, 4) is 0 Å². The van der Waals surface area contributed by atoms with E-state index in [1.807, 2.05) is 60.8 Å². The molecule has 0 radical (unpaired) electrons. The summed E-state index contributed by atoms with van der Waals surface area (Å²) < 4.78 is 1.62. The van der Waals surface area contributed by atoms with E-state index >= 15 is 0 Å². The molecule has 4 heterocycles. The summed E-state index contributed by atoms with van der Waals surface area (Å²) in [6.07, 6.45) is 1.81. The summed E-state index contributed by atoms with van der Waals surface area (Å²) in [5.74, 6) is 1.13. The van der Waals surface area contributed by atoms with Gasteiger partial charge in [0.05, 0.1) is 5.52 Å². The van der Waals surface area contributed by atoms with E-state index < -0.39 is 0 Å². The highest BCUT2D eigenvalue weighted by atomic mass is 16.2. The predicted molar refractivity (Wildman–Crippen MR) is 152 cm³/mol. The number of nitrogens with one attached hydrogen (secondary N) is 1. The van der Waals surface area contributed by atoms with Gasteiger partial charge in [0.2, 0.25) is 5.91 Å². The summed E-state index contributed by atoms with van der Waals surface area (Å²) in [6.45, 7) is 6.17. The molecular weight excluding hydrogens is 506 g/mol. The van der Waals surface area contributed by atoms with Crippen LogP contribution in [0.2, 0.25) is 0 Å². The number of rotatable bonds is 6. The van der Waals surface area contributed by atoms with Crippen LogP contribution >= 0.6 is 0 Å². The van der Waals surface area contributed by atoms with Crippen molar-refractivity contribution in [2.75, 3.05) is 49.5 Å². The van der Waals surface area contributed by atoms with Crippen LogP contribution < -0.4 is 10.2 Å². The molecule has 2 aromatic heterocycles. The number of carbonyl (C=O) groups excluding carboxylic acids is 3. The van der Waals surface area contributed by atoms with Gasteiger partial charge in [0.15, 0.2) is 0 Å². The van der Waals surface area contributed by atoms with Gasteiger partial charge >= 0.3 is 0 Å². The Morgan fingerprint density at radius 1 is 0.900 bits per heavy atom. The summed E-state index contributed by atoms with van der Waals surface area (Å²) in [5.41, 5.74) is 2.39. The lowest BCUT2D eigenvalue weighted by atomic mass is 10.0. The minimum atomic E-state index is -0.276. The van der Waals surface area contributed by atoms with Gasteiger partial charge in [-0.1, -0.05) is 31.2 Å². The van der Waals surface area contributed by atoms with Gasteiger partial charge in [-0.2, -0.15) is 5.10 Å². The van der Waals surface area contributed by atoms with Crippen molar-refractivity contribution in [1.82, 2.24) is 24.6 Å². The lowest BCUT2D eigenvalue weighted by molar-refractivity contribution is -0.133. The fourth-order valence-electron chi connectivity index (χ4n) is 5.20. The standard InChI is InChI=1S/C30H31N7O3/c1-21-17-36(18-21)27-9-5-8-26(32-27)29(39)31-24-10-11-25-23(16-24)19-37(33-25)20-28(38)34-12-14-35(15-13-34)30(40)22-6-3-2-4-7-22/h2-11,16,19,21H,12-15,17-18,20H2,1H3,(H,31,39). The maximum Gasteiger partial charge on any atom is 0.274 e. The molecule has 2 saturated heterocycles. The topological polar surface area (TPSA) is 104 Å². The number of benzene rings is 2. The Morgan fingerprint density at radius 2 is 1.65 bits per heavy atom. The molecule has 3 amide bonds. The molecule has 2 aliphatic rings. The average molecular weight is 538 g/mol. The van der Waals surface area contributed by atoms with Crippen molar-refractivity contribution in [3.63, 3.8) is 0 Å². The second-order valence-corrected chi connectivity index (χ2v) is 10.5. The zero-order valence-corrected chi connectivity index (χ0v) is 22.4. The minimum absolute atomic E-state index is 0.0109. The van der Waals surface area contributed by atoms with Crippen LogP contribution in [0.25, 0.3) is 10.9 Å². The molecule has 0 unspecified atom stereocenters. The quantitative estimate of drug-likeness (QED) is 0.405. The van der Waals surface area contributed by atoms with Crippen molar-refractivity contribution in [1.29, 1.82) is 0 Å². The third-order valence-corrected chi connectivity index (χ3v) is 7.40. The van der Waals surface area contributed by atoms with E-state index in [0.717, 1.165) is 29.8 Å². The summed E-state index contributed by atoms with van der Waals surface area (Å²) in [6, 6.07) is 20.1. The lowest BCUT2D eigenvalue weighted by Crippen LogP contribution is -2.51. The van der Waals surface area contributed by atoms with E-state index in [4.69, 9.17) is 0 Å². The third-order valence-electron chi connectivity index (χ3n) is 7.40. The van der Waals surface area contributed by atoms with Gasteiger partial charge in [0, 0.05) is 62.1 Å². The first-order valence-corrected chi connectivity index (χ1v) is 13.6. The molecule has 2 fully saturated rings. The van der Waals surface area contributed by atoms with Gasteiger partial charge in [-0.25, -0.2) is 4.98 Å². The van der Waals surface area contributed by atoms with E-state index in [1.165, 1.54) is 0 Å². The van der Waals surface area contributed by atoms with Gasteiger partial charge in [-0.05, 0) is 48.4 Å². The van der Waals surface area contributed by atoms with Crippen LogP contribution in [0.3, 0.4) is 0 Å². The van der Waals surface area contributed by atoms with Crippen LogP contribution in [0, 0.1) is 5.92 Å². The molecule has 0 spiro atoms. The molecule has 0 atom stereocenters. The van der Waals surface area contributed by atoms with Gasteiger partial charge in [-0.15, -0.1) is 0 Å². The molecule has 204 valence electrons. The second kappa shape index (κ2) is 10.8. The molecular formula is C30H31N7O3. The Kier molecular flexibility index (Phi) is 6.90. The molecule has 6 rings (SSSR count). The Balaban J connectivity index is 1.05. The number of hydrogen-bond acceptors (Lipinski definition) is 6. The number of hydrogen-bond donors (Lipinski definition) is 1. The normalized spacial score (nSPS) is 15.7. The summed E-state index contributed by atoms with van der Waals surface area (Å²) in [4.78, 5) is 48.8. The molecule has 10 nitrogen and oxygen atoms in total. The van der Waals surface area contributed by atoms with E-state index in [-0.39, 0.29) is 24.3 Å². The maximum absolute atomic E-state index is 13.0. The van der Waals surface area contributed by atoms with Crippen LogP contribution in [0.1, 0.15) is 27.8 Å². The van der Waals surface area contributed by atoms with Crippen molar-refractivity contribution in [2.24, 2.45) is 5.92 Å². The number of anilines is 2. The molecule has 0 bridgehead atoms. The highest BCUT2D eigenvalue weighted by Crippen LogP contribution is 2.23. The Bertz CT molecular complexity index is 1550. The van der Waals surface area contributed by atoms with E-state index in [2.05, 4.69) is 27.2 Å². The van der Waals surface area contributed by atoms with Gasteiger partial charge < -0.3 is 20.0 Å². The van der Waals surface area contributed by atoms with Gasteiger partial charge in [-0.3, -0.25) is 19.1 Å². The molecule has 0 aliphatic carbocycles. The van der Waals surface area contributed by atoms with Crippen LogP contribution in [-0.4, -0.2) is 81.6 Å². The Hall–Kier alpha value is -4.73. The highest BCUT2D eigenvalue weighted by molar-refractivity contribution is 6.04. The van der Waals surface area contributed by atoms with Crippen molar-refractivity contribution in [3.05, 3.63) is 84.2 Å². The largest absolute Gasteiger partial charge is 0.356 e. The zero-order chi connectivity index (χ0) is 27.6. The Labute approximate surface area is 232 Å². The van der Waals surface area contributed by atoms with Gasteiger partial charge in [0.25, 0.3) is 11.8 Å². The first-order chi connectivity index (χ1) is 19.4. The molecule has 1 N–H and O–H groups in total. The average Bonchev–Trinajstić information content (AvgIpc) is 3.37. The number of pyridine rings is 1. The van der Waals surface area contributed by atoms with Gasteiger partial charge in [0.1, 0.15) is 18.1 Å². The first-order valence-electron chi connectivity index (χ1n) is 13.6. The van der Waals surface area contributed by atoms with Crippen LogP contribution in [0.15, 0.2) is 72.9 Å². The van der Waals surface area contributed by atoms with Crippen LogP contribution in [-0.2, 0) is 11.3 Å². The summed E-state index contributed by atoms with van der Waals surface area (Å²) in [5, 5.41) is 8.28. The summed E-state index contributed by atoms with van der Waals surface area (Å²) in [7, 11) is 0. The van der Waals surface area contributed by atoms with E-state index in [9.17, 15) is 14.4 Å². The molecule has 0 saturated carbocycles. The van der Waals surface area contributed by atoms with Crippen LogP contribution in [0.4, 0.5) is 11.5 Å².